The number of ether oxygens (including phenoxy) is 1. The molecule has 0 fully saturated rings. The molecular formula is C36H41N3O5S. The molecule has 9 heteroatoms. The number of hydrogen-bond acceptors (Lipinski definition) is 5. The van der Waals surface area contributed by atoms with Crippen LogP contribution < -0.4 is 14.4 Å². The monoisotopic (exact) mass is 627 g/mol. The fourth-order valence-corrected chi connectivity index (χ4v) is 6.45. The Bertz CT molecular complexity index is 1650. The molecule has 0 radical (unpaired) electrons. The summed E-state index contributed by atoms with van der Waals surface area (Å²) in [6, 6.07) is 31.0. The lowest BCUT2D eigenvalue weighted by molar-refractivity contribution is -0.140. The van der Waals surface area contributed by atoms with Crippen LogP contribution in [-0.4, -0.2) is 50.9 Å². The first-order valence-corrected chi connectivity index (χ1v) is 16.6. The Kier molecular flexibility index (Phi) is 11.8. The van der Waals surface area contributed by atoms with E-state index >= 15 is 0 Å². The zero-order chi connectivity index (χ0) is 32.2. The number of benzene rings is 4. The third kappa shape index (κ3) is 8.73. The number of hydrogen-bond donors (Lipinski definition) is 1. The van der Waals surface area contributed by atoms with Gasteiger partial charge in [-0.3, -0.25) is 13.9 Å². The molecule has 0 saturated heterocycles. The van der Waals surface area contributed by atoms with Crippen LogP contribution in [0, 0.1) is 6.92 Å². The van der Waals surface area contributed by atoms with Gasteiger partial charge in [-0.2, -0.15) is 0 Å². The summed E-state index contributed by atoms with van der Waals surface area (Å²) in [6.07, 6.45) is 0.999. The van der Waals surface area contributed by atoms with E-state index in [0.717, 1.165) is 27.4 Å². The lowest BCUT2D eigenvalue weighted by atomic mass is 10.0. The molecule has 2 amide bonds. The van der Waals surface area contributed by atoms with Gasteiger partial charge >= 0.3 is 0 Å². The summed E-state index contributed by atoms with van der Waals surface area (Å²) >= 11 is 0. The molecule has 0 aliphatic carbocycles. The first-order chi connectivity index (χ1) is 21.7. The molecule has 0 unspecified atom stereocenters. The van der Waals surface area contributed by atoms with E-state index in [2.05, 4.69) is 5.32 Å². The van der Waals surface area contributed by atoms with E-state index in [-0.39, 0.29) is 23.8 Å². The number of anilines is 1. The van der Waals surface area contributed by atoms with Crippen LogP contribution in [0.3, 0.4) is 0 Å². The number of sulfonamides is 1. The SMILES string of the molecule is CCCNC(=O)[C@@H](Cc1ccccc1)N(Cc1ccccc1C)C(=O)CN(c1ccc(OCC)cc1)S(=O)(=O)c1ccccc1. The number of amides is 2. The van der Waals surface area contributed by atoms with E-state index in [0.29, 0.717) is 24.6 Å². The molecular weight excluding hydrogens is 586 g/mol. The van der Waals surface area contributed by atoms with Gasteiger partial charge in [0.25, 0.3) is 10.0 Å². The average molecular weight is 628 g/mol. The summed E-state index contributed by atoms with van der Waals surface area (Å²) in [6.45, 7) is 6.32. The maximum absolute atomic E-state index is 14.5. The highest BCUT2D eigenvalue weighted by molar-refractivity contribution is 7.92. The average Bonchev–Trinajstić information content (AvgIpc) is 3.06. The van der Waals surface area contributed by atoms with Crippen molar-refractivity contribution in [2.75, 3.05) is 24.0 Å². The number of carbonyl (C=O) groups is 2. The van der Waals surface area contributed by atoms with Crippen molar-refractivity contribution >= 4 is 27.5 Å². The quantitative estimate of drug-likeness (QED) is 0.181. The Morgan fingerprint density at radius 1 is 0.822 bits per heavy atom. The van der Waals surface area contributed by atoms with E-state index in [1.807, 2.05) is 75.4 Å². The Labute approximate surface area is 266 Å². The van der Waals surface area contributed by atoms with Crippen molar-refractivity contribution in [1.29, 1.82) is 0 Å². The predicted molar refractivity (Wildman–Crippen MR) is 178 cm³/mol. The minimum absolute atomic E-state index is 0.0543. The zero-order valence-corrected chi connectivity index (χ0v) is 26.9. The van der Waals surface area contributed by atoms with Crippen LogP contribution in [0.4, 0.5) is 5.69 Å². The van der Waals surface area contributed by atoms with Gasteiger partial charge in [0.05, 0.1) is 17.2 Å². The maximum atomic E-state index is 14.5. The van der Waals surface area contributed by atoms with Crippen molar-refractivity contribution in [3.63, 3.8) is 0 Å². The normalized spacial score (nSPS) is 11.8. The Morgan fingerprint density at radius 2 is 1.44 bits per heavy atom. The third-order valence-electron chi connectivity index (χ3n) is 7.47. The number of carbonyl (C=O) groups excluding carboxylic acids is 2. The fourth-order valence-electron chi connectivity index (χ4n) is 5.01. The van der Waals surface area contributed by atoms with Crippen LogP contribution in [0.25, 0.3) is 0 Å². The van der Waals surface area contributed by atoms with E-state index < -0.39 is 28.5 Å². The molecule has 4 aromatic carbocycles. The Hall–Kier alpha value is -4.63. The molecule has 0 spiro atoms. The second kappa shape index (κ2) is 15.9. The summed E-state index contributed by atoms with van der Waals surface area (Å²) < 4.78 is 34.9. The predicted octanol–water partition coefficient (Wildman–Crippen LogP) is 5.76. The van der Waals surface area contributed by atoms with Gasteiger partial charge < -0.3 is 15.0 Å². The minimum atomic E-state index is -4.16. The van der Waals surface area contributed by atoms with Crippen molar-refractivity contribution in [2.24, 2.45) is 0 Å². The zero-order valence-electron chi connectivity index (χ0n) is 26.1. The molecule has 4 aromatic rings. The van der Waals surface area contributed by atoms with Crippen molar-refractivity contribution in [1.82, 2.24) is 10.2 Å². The molecule has 1 N–H and O–H groups in total. The highest BCUT2D eigenvalue weighted by Gasteiger charge is 2.34. The van der Waals surface area contributed by atoms with Crippen molar-refractivity contribution in [2.45, 2.75) is 51.1 Å². The number of rotatable bonds is 15. The van der Waals surface area contributed by atoms with Gasteiger partial charge in [0.2, 0.25) is 11.8 Å². The molecule has 0 aliphatic heterocycles. The van der Waals surface area contributed by atoms with E-state index in [9.17, 15) is 18.0 Å². The van der Waals surface area contributed by atoms with Crippen LogP contribution in [0.2, 0.25) is 0 Å². The van der Waals surface area contributed by atoms with Crippen molar-refractivity contribution in [3.8, 4) is 5.75 Å². The summed E-state index contributed by atoms with van der Waals surface area (Å²) in [5, 5.41) is 2.97. The van der Waals surface area contributed by atoms with Crippen molar-refractivity contribution in [3.05, 3.63) is 126 Å². The lowest BCUT2D eigenvalue weighted by Crippen LogP contribution is -2.53. The van der Waals surface area contributed by atoms with Gasteiger partial charge in [0, 0.05) is 19.5 Å². The highest BCUT2D eigenvalue weighted by atomic mass is 32.2. The summed E-state index contributed by atoms with van der Waals surface area (Å²) in [5.74, 6) is -0.207. The molecule has 45 heavy (non-hydrogen) atoms. The molecule has 0 bridgehead atoms. The molecule has 236 valence electrons. The van der Waals surface area contributed by atoms with Gasteiger partial charge in [0.1, 0.15) is 18.3 Å². The molecule has 4 rings (SSSR count). The summed E-state index contributed by atoms with van der Waals surface area (Å²) in [7, 11) is -4.16. The number of aryl methyl sites for hydroxylation is 1. The van der Waals surface area contributed by atoms with E-state index in [4.69, 9.17) is 4.74 Å². The number of nitrogens with one attached hydrogen (secondary N) is 1. The summed E-state index contributed by atoms with van der Waals surface area (Å²) in [5.41, 5.74) is 3.02. The van der Waals surface area contributed by atoms with Gasteiger partial charge in [0.15, 0.2) is 0 Å². The topological polar surface area (TPSA) is 96.0 Å². The fraction of sp³-hybridized carbons (Fsp3) is 0.278. The lowest BCUT2D eigenvalue weighted by Gasteiger charge is -2.34. The second-order valence-corrected chi connectivity index (χ2v) is 12.6. The van der Waals surface area contributed by atoms with Gasteiger partial charge in [-0.25, -0.2) is 8.42 Å². The van der Waals surface area contributed by atoms with Gasteiger partial charge in [-0.05, 0) is 73.4 Å². The van der Waals surface area contributed by atoms with Gasteiger partial charge in [-0.15, -0.1) is 0 Å². The van der Waals surface area contributed by atoms with Gasteiger partial charge in [-0.1, -0.05) is 79.7 Å². The molecule has 0 heterocycles. The van der Waals surface area contributed by atoms with Crippen molar-refractivity contribution < 1.29 is 22.7 Å². The van der Waals surface area contributed by atoms with Crippen LogP contribution >= 0.6 is 0 Å². The van der Waals surface area contributed by atoms with Crippen LogP contribution in [0.1, 0.15) is 37.0 Å². The van der Waals surface area contributed by atoms with E-state index in [1.165, 1.54) is 17.0 Å². The van der Waals surface area contributed by atoms with Crippen LogP contribution in [0.15, 0.2) is 114 Å². The third-order valence-corrected chi connectivity index (χ3v) is 9.26. The van der Waals surface area contributed by atoms with Crippen LogP contribution in [-0.2, 0) is 32.6 Å². The van der Waals surface area contributed by atoms with E-state index in [1.54, 1.807) is 42.5 Å². The molecule has 0 saturated carbocycles. The summed E-state index contributed by atoms with van der Waals surface area (Å²) in [4.78, 5) is 29.8. The number of nitrogens with zero attached hydrogens (tertiary/aromatic N) is 2. The first kappa shape index (κ1) is 33.3. The Morgan fingerprint density at radius 3 is 2.07 bits per heavy atom. The maximum Gasteiger partial charge on any atom is 0.264 e. The smallest absolute Gasteiger partial charge is 0.264 e. The molecule has 0 aromatic heterocycles. The van der Waals surface area contributed by atoms with Crippen LogP contribution in [0.5, 0.6) is 5.75 Å². The minimum Gasteiger partial charge on any atom is -0.494 e. The second-order valence-electron chi connectivity index (χ2n) is 10.7. The standard InChI is InChI=1S/C36H41N3O5S/c1-4-24-37-36(41)34(25-29-15-8-6-9-16-29)38(26-30-17-13-12-14-28(30)3)35(40)27-39(31-20-22-32(23-21-31)44-5-2)45(42,43)33-18-10-7-11-19-33/h6-23,34H,4-5,24-27H2,1-3H3,(H,37,41)/t34-/m1/s1. The Balaban J connectivity index is 1.79. The largest absolute Gasteiger partial charge is 0.494 e. The molecule has 1 atom stereocenters. The first-order valence-electron chi connectivity index (χ1n) is 15.2. The molecule has 8 nitrogen and oxygen atoms in total. The molecule has 0 aliphatic rings. The highest BCUT2D eigenvalue weighted by Crippen LogP contribution is 2.27.